The molecule has 154 valence electrons. The molecule has 2 aromatic carbocycles. The molecule has 0 aliphatic carbocycles. The Morgan fingerprint density at radius 2 is 1.47 bits per heavy atom. The number of rotatable bonds is 2. The molecule has 4 nitrogen and oxygen atoms in total. The number of imidazole rings is 1. The lowest BCUT2D eigenvalue weighted by Crippen LogP contribution is -2.08. The van der Waals surface area contributed by atoms with Crippen molar-refractivity contribution in [1.82, 2.24) is 19.9 Å². The Balaban J connectivity index is 1.69. The topological polar surface area (TPSA) is 54.5 Å². The molecule has 0 radical (unpaired) electrons. The predicted octanol–water partition coefficient (Wildman–Crippen LogP) is 6.03. The van der Waals surface area contributed by atoms with E-state index in [-0.39, 0.29) is 11.3 Å². The number of hydrogen-bond donors (Lipinski definition) is 1. The van der Waals surface area contributed by atoms with Crippen LogP contribution in [0, 0.1) is 6.92 Å². The second-order valence-electron chi connectivity index (χ2n) is 6.61. The maximum absolute atomic E-state index is 13.0. The van der Waals surface area contributed by atoms with E-state index in [4.69, 9.17) is 0 Å². The molecule has 2 aromatic heterocycles. The number of hydrogen-bond acceptors (Lipinski definition) is 3. The van der Waals surface area contributed by atoms with Gasteiger partial charge in [0, 0.05) is 17.3 Å². The van der Waals surface area contributed by atoms with E-state index in [0.29, 0.717) is 28.0 Å². The summed E-state index contributed by atoms with van der Waals surface area (Å²) in [6.45, 7) is 1.54. The first kappa shape index (κ1) is 19.9. The van der Waals surface area contributed by atoms with Crippen LogP contribution in [0.4, 0.5) is 26.3 Å². The van der Waals surface area contributed by atoms with Gasteiger partial charge in [-0.25, -0.2) is 15.0 Å². The van der Waals surface area contributed by atoms with Crippen molar-refractivity contribution in [1.29, 1.82) is 0 Å². The smallest absolute Gasteiger partial charge is 0.338 e. The van der Waals surface area contributed by atoms with Gasteiger partial charge in [-0.15, -0.1) is 0 Å². The molecule has 30 heavy (non-hydrogen) atoms. The van der Waals surface area contributed by atoms with E-state index in [9.17, 15) is 26.3 Å². The van der Waals surface area contributed by atoms with Crippen molar-refractivity contribution in [3.63, 3.8) is 0 Å². The number of aryl methyl sites for hydroxylation is 1. The Hall–Kier alpha value is -3.43. The van der Waals surface area contributed by atoms with Gasteiger partial charge in [0.25, 0.3) is 0 Å². The van der Waals surface area contributed by atoms with Crippen LogP contribution in [0.25, 0.3) is 33.8 Å². The highest BCUT2D eigenvalue weighted by Crippen LogP contribution is 2.34. The molecule has 10 heteroatoms. The molecule has 0 unspecified atom stereocenters. The van der Waals surface area contributed by atoms with E-state index in [1.807, 2.05) is 0 Å². The van der Waals surface area contributed by atoms with Gasteiger partial charge in [0.1, 0.15) is 11.5 Å². The average molecular weight is 422 g/mol. The van der Waals surface area contributed by atoms with Crippen LogP contribution < -0.4 is 0 Å². The zero-order valence-electron chi connectivity index (χ0n) is 15.2. The molecule has 0 spiro atoms. The first-order chi connectivity index (χ1) is 14.0. The number of nitrogens with zero attached hydrogens (tertiary/aromatic N) is 3. The van der Waals surface area contributed by atoms with Gasteiger partial charge in [0.05, 0.1) is 16.6 Å². The van der Waals surface area contributed by atoms with Crippen molar-refractivity contribution in [3.05, 3.63) is 65.5 Å². The number of nitrogens with one attached hydrogen (secondary N) is 1. The fourth-order valence-corrected chi connectivity index (χ4v) is 3.02. The van der Waals surface area contributed by atoms with Gasteiger partial charge < -0.3 is 4.98 Å². The van der Waals surface area contributed by atoms with E-state index in [1.54, 1.807) is 12.1 Å². The molecule has 1 N–H and O–H groups in total. The number of halogens is 6. The summed E-state index contributed by atoms with van der Waals surface area (Å²) in [6.07, 6.45) is -8.03. The minimum absolute atomic E-state index is 0.0911. The van der Waals surface area contributed by atoms with Crippen LogP contribution in [0.1, 0.15) is 16.8 Å². The van der Waals surface area contributed by atoms with E-state index in [2.05, 4.69) is 19.9 Å². The number of aromatic nitrogens is 4. The third-order valence-corrected chi connectivity index (χ3v) is 4.47. The number of fused-ring (bicyclic) bond motifs is 1. The molecule has 0 amide bonds. The van der Waals surface area contributed by atoms with Crippen molar-refractivity contribution in [2.45, 2.75) is 19.3 Å². The minimum atomic E-state index is -4.58. The third-order valence-electron chi connectivity index (χ3n) is 4.47. The highest BCUT2D eigenvalue weighted by Gasteiger charge is 2.33. The Labute approximate surface area is 165 Å². The zero-order chi connectivity index (χ0) is 21.7. The standard InChI is InChI=1S/C20H12F6N4/c1-10-8-13(19(21,22)23)9-14-16(10)30-18(28-14)12-4-2-11(3-5-12)17-27-7-6-15(29-17)20(24,25)26/h2-9H,1H3,(H,28,30). The highest BCUT2D eigenvalue weighted by atomic mass is 19.4. The average Bonchev–Trinajstić information content (AvgIpc) is 3.12. The fraction of sp³-hybridized carbons (Fsp3) is 0.150. The summed E-state index contributed by atoms with van der Waals surface area (Å²) in [5.74, 6) is 0.246. The third kappa shape index (κ3) is 3.72. The van der Waals surface area contributed by atoms with Gasteiger partial charge in [-0.05, 0) is 30.7 Å². The molecule has 0 fully saturated rings. The summed E-state index contributed by atoms with van der Waals surface area (Å²) in [5, 5.41) is 0. The molecule has 4 aromatic rings. The van der Waals surface area contributed by atoms with Crippen LogP contribution in [0.15, 0.2) is 48.7 Å². The van der Waals surface area contributed by atoms with Gasteiger partial charge in [-0.2, -0.15) is 26.3 Å². The van der Waals surface area contributed by atoms with Crippen LogP contribution in [0.2, 0.25) is 0 Å². The van der Waals surface area contributed by atoms with Gasteiger partial charge in [0.2, 0.25) is 0 Å². The van der Waals surface area contributed by atoms with Crippen LogP contribution in [0.3, 0.4) is 0 Å². The summed E-state index contributed by atoms with van der Waals surface area (Å²) in [4.78, 5) is 14.6. The van der Waals surface area contributed by atoms with Crippen molar-refractivity contribution < 1.29 is 26.3 Å². The summed E-state index contributed by atoms with van der Waals surface area (Å²) < 4.78 is 77.5. The largest absolute Gasteiger partial charge is 0.433 e. The monoisotopic (exact) mass is 422 g/mol. The Morgan fingerprint density at radius 1 is 0.800 bits per heavy atom. The summed E-state index contributed by atoms with van der Waals surface area (Å²) >= 11 is 0. The predicted molar refractivity (Wildman–Crippen MR) is 97.3 cm³/mol. The van der Waals surface area contributed by atoms with E-state index >= 15 is 0 Å². The molecule has 0 atom stereocenters. The quantitative estimate of drug-likeness (QED) is 0.401. The van der Waals surface area contributed by atoms with Gasteiger partial charge >= 0.3 is 12.4 Å². The number of aromatic amines is 1. The van der Waals surface area contributed by atoms with E-state index in [1.165, 1.54) is 19.1 Å². The SMILES string of the molecule is Cc1cc(C(F)(F)F)cc2[nH]c(-c3ccc(-c4nccc(C(F)(F)F)n4)cc3)nc12. The van der Waals surface area contributed by atoms with Crippen LogP contribution in [-0.2, 0) is 12.4 Å². The van der Waals surface area contributed by atoms with Gasteiger partial charge in [0.15, 0.2) is 5.82 Å². The molecule has 0 saturated heterocycles. The fourth-order valence-electron chi connectivity index (χ4n) is 3.02. The van der Waals surface area contributed by atoms with Crippen LogP contribution in [0.5, 0.6) is 0 Å². The maximum Gasteiger partial charge on any atom is 0.433 e. The second-order valence-corrected chi connectivity index (χ2v) is 6.61. The second kappa shape index (κ2) is 6.82. The first-order valence-electron chi connectivity index (χ1n) is 8.61. The van der Waals surface area contributed by atoms with Crippen molar-refractivity contribution in [2.75, 3.05) is 0 Å². The van der Waals surface area contributed by atoms with E-state index < -0.39 is 23.6 Å². The van der Waals surface area contributed by atoms with Crippen molar-refractivity contribution >= 4 is 11.0 Å². The Kier molecular flexibility index (Phi) is 4.52. The molecular weight excluding hydrogens is 410 g/mol. The molecular formula is C20H12F6N4. The zero-order valence-corrected chi connectivity index (χ0v) is 15.2. The maximum atomic E-state index is 13.0. The number of H-pyrrole nitrogens is 1. The molecule has 0 bridgehead atoms. The van der Waals surface area contributed by atoms with Crippen molar-refractivity contribution in [3.8, 4) is 22.8 Å². The molecule has 0 aliphatic rings. The van der Waals surface area contributed by atoms with Gasteiger partial charge in [-0.1, -0.05) is 24.3 Å². The molecule has 2 heterocycles. The lowest BCUT2D eigenvalue weighted by atomic mass is 10.1. The van der Waals surface area contributed by atoms with Crippen molar-refractivity contribution in [2.24, 2.45) is 0 Å². The van der Waals surface area contributed by atoms with E-state index in [0.717, 1.165) is 24.4 Å². The summed E-state index contributed by atoms with van der Waals surface area (Å²) in [5.41, 5.74) is 0.0955. The minimum Gasteiger partial charge on any atom is -0.338 e. The molecule has 4 rings (SSSR count). The Morgan fingerprint density at radius 3 is 2.10 bits per heavy atom. The number of benzene rings is 2. The normalized spacial score (nSPS) is 12.5. The van der Waals surface area contributed by atoms with Gasteiger partial charge in [-0.3, -0.25) is 0 Å². The lowest BCUT2D eigenvalue weighted by Gasteiger charge is -2.07. The molecule has 0 saturated carbocycles. The molecule has 0 aliphatic heterocycles. The lowest BCUT2D eigenvalue weighted by molar-refractivity contribution is -0.141. The summed E-state index contributed by atoms with van der Waals surface area (Å²) in [7, 11) is 0. The van der Waals surface area contributed by atoms with Crippen LogP contribution >= 0.6 is 0 Å². The van der Waals surface area contributed by atoms with Crippen LogP contribution in [-0.4, -0.2) is 19.9 Å². The first-order valence-corrected chi connectivity index (χ1v) is 8.61. The summed E-state index contributed by atoms with van der Waals surface area (Å²) in [6, 6.07) is 9.00. The Bertz CT molecular complexity index is 1220. The number of alkyl halides is 6. The highest BCUT2D eigenvalue weighted by molar-refractivity contribution is 5.83.